The maximum Gasteiger partial charge on any atom is 0.343 e. The molecule has 1 atom stereocenters. The zero-order chi connectivity index (χ0) is 47.1. The number of phenolic OH excluding ortho intramolecular Hbond substituents is 2. The van der Waals surface area contributed by atoms with Gasteiger partial charge in [0.2, 0.25) is 0 Å². The lowest BCUT2D eigenvalue weighted by molar-refractivity contribution is -0.172. The van der Waals surface area contributed by atoms with Gasteiger partial charge in [0.25, 0.3) is 17.5 Å². The van der Waals surface area contributed by atoms with Crippen molar-refractivity contribution in [1.29, 1.82) is 5.41 Å². The van der Waals surface area contributed by atoms with Crippen molar-refractivity contribution in [3.63, 3.8) is 0 Å². The van der Waals surface area contributed by atoms with E-state index in [1.807, 2.05) is 32.9 Å². The lowest BCUT2D eigenvalue weighted by Crippen LogP contribution is -2.44. The molecule has 0 radical (unpaired) electrons. The van der Waals surface area contributed by atoms with E-state index in [0.717, 1.165) is 22.0 Å². The van der Waals surface area contributed by atoms with Gasteiger partial charge in [0.05, 0.1) is 40.3 Å². The summed E-state index contributed by atoms with van der Waals surface area (Å²) in [7, 11) is 5.17. The van der Waals surface area contributed by atoms with Crippen LogP contribution >= 0.6 is 0 Å². The van der Waals surface area contributed by atoms with Crippen LogP contribution in [0.1, 0.15) is 78.3 Å². The molecular formula is C48H49N9O9. The summed E-state index contributed by atoms with van der Waals surface area (Å²) < 4.78 is 16.0. The minimum Gasteiger partial charge on any atom is -0.508 e. The molecule has 1 unspecified atom stereocenters. The van der Waals surface area contributed by atoms with Gasteiger partial charge in [0.15, 0.2) is 11.4 Å². The number of ether oxygens (including phenoxy) is 2. The highest BCUT2D eigenvalue weighted by Gasteiger charge is 2.45. The molecule has 0 fully saturated rings. The van der Waals surface area contributed by atoms with Gasteiger partial charge < -0.3 is 48.8 Å². The van der Waals surface area contributed by atoms with E-state index in [1.54, 1.807) is 89.5 Å². The number of amidine groups is 1. The zero-order valence-electron chi connectivity index (χ0n) is 37.5. The van der Waals surface area contributed by atoms with Crippen molar-refractivity contribution in [2.45, 2.75) is 65.2 Å². The van der Waals surface area contributed by atoms with Crippen molar-refractivity contribution in [3.8, 4) is 51.7 Å². The molecule has 3 aromatic carbocycles. The molecule has 6 heterocycles. The number of benzene rings is 3. The molecule has 18 nitrogen and oxygen atoms in total. The number of rotatable bonds is 10. The number of nitrogens with one attached hydrogen (secondary N) is 1. The van der Waals surface area contributed by atoms with Crippen LogP contribution < -0.4 is 10.3 Å². The molecule has 9 rings (SSSR count). The standard InChI is InChI=1S/C48H49N9O9/c1-8-28-30-18-27(11-12-35(30)50-41-32(28)22-56-37(41)20-34-33(43(56)60)23-65-45(62)48(34,64)9-2)66-46(49)54(6)15-14-53(5)44(61)38-17-25-16-26(10-13-36(25)55(38)7)57-42(51-52-47(57)63)31-19-29(24(3)4)39(58)21-40(31)59/h10-13,16-21,24,49,58-59,64H,8-9,14-15,22-23H2,1-7H3,(H,52,63). The number of aromatic hydroxyl groups is 3. The van der Waals surface area contributed by atoms with Gasteiger partial charge in [0, 0.05) is 67.7 Å². The number of aliphatic hydroxyl groups is 1. The fraction of sp³-hybridized carbons (Fsp3) is 0.312. The van der Waals surface area contributed by atoms with Gasteiger partial charge in [-0.15, -0.1) is 5.10 Å². The molecule has 0 spiro atoms. The third kappa shape index (κ3) is 6.86. The normalized spacial score (nSPS) is 15.2. The topological polar surface area (TPSA) is 234 Å². The van der Waals surface area contributed by atoms with E-state index >= 15 is 0 Å². The third-order valence-corrected chi connectivity index (χ3v) is 13.0. The van der Waals surface area contributed by atoms with Crippen LogP contribution in [0.4, 0.5) is 0 Å². The van der Waals surface area contributed by atoms with Gasteiger partial charge in [-0.1, -0.05) is 32.8 Å². The minimum absolute atomic E-state index is 0.0505. The number of phenols is 2. The average Bonchev–Trinajstić information content (AvgIpc) is 3.97. The number of amides is 1. The minimum atomic E-state index is -1.92. The summed E-state index contributed by atoms with van der Waals surface area (Å²) in [4.78, 5) is 48.4. The second-order valence-corrected chi connectivity index (χ2v) is 17.2. The summed E-state index contributed by atoms with van der Waals surface area (Å²) in [6.07, 6.45) is 0.663. The first-order valence-electron chi connectivity index (χ1n) is 21.6. The van der Waals surface area contributed by atoms with Crippen molar-refractivity contribution >= 4 is 39.7 Å². The van der Waals surface area contributed by atoms with E-state index in [2.05, 4.69) is 10.2 Å². The Hall–Kier alpha value is -7.73. The number of carbonyl (C=O) groups is 2. The Morgan fingerprint density at radius 3 is 2.44 bits per heavy atom. The number of aromatic nitrogens is 6. The molecule has 7 aromatic rings. The summed E-state index contributed by atoms with van der Waals surface area (Å²) >= 11 is 0. The molecule has 2 aliphatic rings. The highest BCUT2D eigenvalue weighted by molar-refractivity contribution is 5.99. The first kappa shape index (κ1) is 43.5. The average molecular weight is 896 g/mol. The Balaban J connectivity index is 0.897. The van der Waals surface area contributed by atoms with Crippen LogP contribution in [0.15, 0.2) is 65.5 Å². The Kier molecular flexibility index (Phi) is 10.6. The molecule has 0 aliphatic carbocycles. The van der Waals surface area contributed by atoms with Crippen molar-refractivity contribution in [1.82, 2.24) is 38.7 Å². The SMILES string of the molecule is CCc1c2c(nc3ccc(OC(=N)N(C)CCN(C)C(=O)c4cc5cc(-n6c(O)nnc6-c6cc(C(C)C)c(O)cc6O)ccc5n4C)cc13)-c1cc3c(c(=O)n1C2)COC(=O)C3(O)CC. The molecule has 66 heavy (non-hydrogen) atoms. The lowest BCUT2D eigenvalue weighted by atomic mass is 9.86. The van der Waals surface area contributed by atoms with Gasteiger partial charge >= 0.3 is 12.0 Å². The van der Waals surface area contributed by atoms with E-state index in [-0.39, 0.29) is 90.1 Å². The lowest BCUT2D eigenvalue weighted by Gasteiger charge is -2.31. The van der Waals surface area contributed by atoms with E-state index in [0.29, 0.717) is 51.4 Å². The Morgan fingerprint density at radius 1 is 0.955 bits per heavy atom. The van der Waals surface area contributed by atoms with E-state index in [1.165, 1.54) is 10.6 Å². The molecular weight excluding hydrogens is 847 g/mol. The summed E-state index contributed by atoms with van der Waals surface area (Å²) in [5.41, 5.74) is 4.38. The molecule has 1 amide bonds. The number of carbonyl (C=O) groups excluding carboxylic acids is 2. The predicted octanol–water partition coefficient (Wildman–Crippen LogP) is 5.64. The third-order valence-electron chi connectivity index (χ3n) is 13.0. The monoisotopic (exact) mass is 895 g/mol. The predicted molar refractivity (Wildman–Crippen MR) is 244 cm³/mol. The fourth-order valence-corrected chi connectivity index (χ4v) is 9.10. The molecule has 4 aromatic heterocycles. The van der Waals surface area contributed by atoms with Crippen LogP contribution in [0.25, 0.3) is 50.3 Å². The number of fused-ring (bicyclic) bond motifs is 6. The van der Waals surface area contributed by atoms with Gasteiger partial charge in [-0.05, 0) is 84.5 Å². The highest BCUT2D eigenvalue weighted by Crippen LogP contribution is 2.42. The zero-order valence-corrected chi connectivity index (χ0v) is 37.5. The largest absolute Gasteiger partial charge is 0.508 e. The van der Waals surface area contributed by atoms with Gasteiger partial charge in [-0.3, -0.25) is 15.0 Å². The molecule has 340 valence electrons. The number of likely N-dealkylation sites (N-methyl/N-ethyl adjacent to an activating group) is 2. The number of nitrogens with zero attached hydrogens (tertiary/aromatic N) is 8. The van der Waals surface area contributed by atoms with Crippen LogP contribution in [-0.2, 0) is 41.8 Å². The van der Waals surface area contributed by atoms with Crippen molar-refractivity contribution in [3.05, 3.63) is 105 Å². The maximum atomic E-state index is 13.9. The van der Waals surface area contributed by atoms with Gasteiger partial charge in [-0.25, -0.2) is 14.3 Å². The van der Waals surface area contributed by atoms with Crippen LogP contribution in [0.3, 0.4) is 0 Å². The number of hydrogen-bond donors (Lipinski definition) is 5. The quantitative estimate of drug-likeness (QED) is 0.0636. The summed E-state index contributed by atoms with van der Waals surface area (Å²) in [5.74, 6) is -0.798. The first-order valence-corrected chi connectivity index (χ1v) is 21.6. The molecule has 0 saturated carbocycles. The van der Waals surface area contributed by atoms with Crippen molar-refractivity contribution in [2.24, 2.45) is 7.05 Å². The number of hydrogen-bond acceptors (Lipinski definition) is 13. The number of pyridine rings is 2. The molecule has 2 aliphatic heterocycles. The van der Waals surface area contributed by atoms with Gasteiger partial charge in [0.1, 0.15) is 29.5 Å². The first-order chi connectivity index (χ1) is 31.4. The van der Waals surface area contributed by atoms with Crippen molar-refractivity contribution < 1.29 is 39.5 Å². The van der Waals surface area contributed by atoms with E-state index in [9.17, 15) is 34.8 Å². The van der Waals surface area contributed by atoms with Crippen LogP contribution in [0.5, 0.6) is 23.3 Å². The number of aryl methyl sites for hydroxylation is 2. The molecule has 18 heteroatoms. The van der Waals surface area contributed by atoms with E-state index < -0.39 is 17.6 Å². The Morgan fingerprint density at radius 2 is 1.71 bits per heavy atom. The molecule has 5 N–H and O–H groups in total. The fourth-order valence-electron chi connectivity index (χ4n) is 9.10. The van der Waals surface area contributed by atoms with Crippen LogP contribution in [0, 0.1) is 5.41 Å². The smallest absolute Gasteiger partial charge is 0.343 e. The summed E-state index contributed by atoms with van der Waals surface area (Å²) in [6, 6.07) is 16.5. The Labute approximate surface area is 378 Å². The van der Waals surface area contributed by atoms with Crippen LogP contribution in [0.2, 0.25) is 0 Å². The Bertz CT molecular complexity index is 3260. The summed E-state index contributed by atoms with van der Waals surface area (Å²) in [6.45, 7) is 8.08. The van der Waals surface area contributed by atoms with E-state index in [4.69, 9.17) is 19.9 Å². The van der Waals surface area contributed by atoms with Crippen molar-refractivity contribution in [2.75, 3.05) is 27.2 Å². The number of esters is 1. The van der Waals surface area contributed by atoms with Gasteiger partial charge in [-0.2, -0.15) is 0 Å². The molecule has 0 saturated heterocycles. The summed E-state index contributed by atoms with van der Waals surface area (Å²) in [5, 5.41) is 61.5. The van der Waals surface area contributed by atoms with Crippen LogP contribution in [-0.4, -0.2) is 104 Å². The second kappa shape index (κ2) is 16.1. The highest BCUT2D eigenvalue weighted by atomic mass is 16.6. The second-order valence-electron chi connectivity index (χ2n) is 17.2. The maximum absolute atomic E-state index is 13.9. The molecule has 0 bridgehead atoms. The number of cyclic esters (lactones) is 1.